The molecule has 1 N–H and O–H groups in total. The van der Waals surface area contributed by atoms with Gasteiger partial charge in [-0.05, 0) is 26.1 Å². The van der Waals surface area contributed by atoms with Gasteiger partial charge in [0.05, 0.1) is 7.11 Å². The molecule has 0 heterocycles. The van der Waals surface area contributed by atoms with E-state index in [0.29, 0.717) is 0 Å². The topological polar surface area (TPSA) is 38.3 Å². The lowest BCUT2D eigenvalue weighted by Gasteiger charge is -2.27. The van der Waals surface area contributed by atoms with E-state index in [1.165, 1.54) is 7.11 Å². The van der Waals surface area contributed by atoms with E-state index in [1.807, 2.05) is 18.7 Å². The van der Waals surface area contributed by atoms with E-state index >= 15 is 0 Å². The standard InChI is InChI=1S/C11H23NO2S/c1-10(2,3)15-8-7-11(4,12-5)9(13)14-6/h12H,7-8H2,1-6H3. The molecule has 0 aliphatic carbocycles. The number of thioether (sulfide) groups is 1. The van der Waals surface area contributed by atoms with Crippen LogP contribution in [0.25, 0.3) is 0 Å². The molecule has 0 amide bonds. The number of likely N-dealkylation sites (N-methyl/N-ethyl adjacent to an activating group) is 1. The van der Waals surface area contributed by atoms with Crippen molar-refractivity contribution in [2.45, 2.75) is 44.4 Å². The molecule has 0 aromatic carbocycles. The third kappa shape index (κ3) is 5.42. The highest BCUT2D eigenvalue weighted by molar-refractivity contribution is 8.00. The van der Waals surface area contributed by atoms with Crippen LogP contribution in [0.4, 0.5) is 0 Å². The van der Waals surface area contributed by atoms with Crippen LogP contribution in [0.3, 0.4) is 0 Å². The first kappa shape index (κ1) is 14.8. The molecule has 4 heteroatoms. The molecule has 0 spiro atoms. The van der Waals surface area contributed by atoms with Crippen LogP contribution in [0, 0.1) is 0 Å². The molecule has 1 atom stereocenters. The summed E-state index contributed by atoms with van der Waals surface area (Å²) in [5, 5.41) is 3.03. The Labute approximate surface area is 97.3 Å². The van der Waals surface area contributed by atoms with Crippen molar-refractivity contribution in [1.82, 2.24) is 5.32 Å². The Morgan fingerprint density at radius 1 is 1.33 bits per heavy atom. The van der Waals surface area contributed by atoms with E-state index in [4.69, 9.17) is 4.74 Å². The second-order valence-electron chi connectivity index (χ2n) is 4.78. The van der Waals surface area contributed by atoms with Crippen molar-refractivity contribution < 1.29 is 9.53 Å². The number of rotatable bonds is 5. The van der Waals surface area contributed by atoms with Gasteiger partial charge in [-0.3, -0.25) is 4.79 Å². The SMILES string of the molecule is CNC(C)(CCSC(C)(C)C)C(=O)OC. The number of ether oxygens (including phenoxy) is 1. The Morgan fingerprint density at radius 3 is 2.20 bits per heavy atom. The monoisotopic (exact) mass is 233 g/mol. The molecule has 90 valence electrons. The molecule has 0 rings (SSSR count). The van der Waals surface area contributed by atoms with Gasteiger partial charge in [-0.25, -0.2) is 0 Å². The van der Waals surface area contributed by atoms with Gasteiger partial charge in [-0.1, -0.05) is 20.8 Å². The predicted molar refractivity (Wildman–Crippen MR) is 66.3 cm³/mol. The molecule has 0 bridgehead atoms. The van der Waals surface area contributed by atoms with E-state index in [0.717, 1.165) is 12.2 Å². The van der Waals surface area contributed by atoms with Crippen LogP contribution in [0.5, 0.6) is 0 Å². The fraction of sp³-hybridized carbons (Fsp3) is 0.909. The van der Waals surface area contributed by atoms with Gasteiger partial charge < -0.3 is 10.1 Å². The van der Waals surface area contributed by atoms with Crippen molar-refractivity contribution in [3.8, 4) is 0 Å². The lowest BCUT2D eigenvalue weighted by molar-refractivity contribution is -0.147. The van der Waals surface area contributed by atoms with Crippen LogP contribution >= 0.6 is 11.8 Å². The summed E-state index contributed by atoms with van der Waals surface area (Å²) < 4.78 is 5.02. The number of hydrogen-bond acceptors (Lipinski definition) is 4. The second-order valence-corrected chi connectivity index (χ2v) is 6.71. The van der Waals surface area contributed by atoms with E-state index in [9.17, 15) is 4.79 Å². The summed E-state index contributed by atoms with van der Waals surface area (Å²) in [6.45, 7) is 8.40. The highest BCUT2D eigenvalue weighted by Gasteiger charge is 2.32. The molecule has 0 radical (unpaired) electrons. The maximum Gasteiger partial charge on any atom is 0.325 e. The largest absolute Gasteiger partial charge is 0.468 e. The van der Waals surface area contributed by atoms with E-state index in [2.05, 4.69) is 26.1 Å². The Bertz CT molecular complexity index is 213. The zero-order chi connectivity index (χ0) is 12.1. The number of nitrogens with one attached hydrogen (secondary N) is 1. The highest BCUT2D eigenvalue weighted by Crippen LogP contribution is 2.26. The molecule has 0 saturated heterocycles. The Balaban J connectivity index is 4.16. The third-order valence-corrected chi connectivity index (χ3v) is 3.60. The fourth-order valence-electron chi connectivity index (χ4n) is 1.12. The third-order valence-electron chi connectivity index (χ3n) is 2.32. The molecule has 1 unspecified atom stereocenters. The second kappa shape index (κ2) is 5.75. The zero-order valence-electron chi connectivity index (χ0n) is 10.6. The van der Waals surface area contributed by atoms with Crippen molar-refractivity contribution in [2.75, 3.05) is 19.9 Å². The van der Waals surface area contributed by atoms with Crippen LogP contribution in [0.2, 0.25) is 0 Å². The van der Waals surface area contributed by atoms with Crippen molar-refractivity contribution >= 4 is 17.7 Å². The van der Waals surface area contributed by atoms with Crippen LogP contribution in [0.15, 0.2) is 0 Å². The summed E-state index contributed by atoms with van der Waals surface area (Å²) in [7, 11) is 3.22. The van der Waals surface area contributed by atoms with Crippen LogP contribution < -0.4 is 5.32 Å². The van der Waals surface area contributed by atoms with Crippen molar-refractivity contribution in [3.63, 3.8) is 0 Å². The lowest BCUT2D eigenvalue weighted by Crippen LogP contribution is -2.48. The average molecular weight is 233 g/mol. The van der Waals surface area contributed by atoms with E-state index < -0.39 is 5.54 Å². The fourth-order valence-corrected chi connectivity index (χ4v) is 2.24. The number of carbonyl (C=O) groups excluding carboxylic acids is 1. The normalized spacial score (nSPS) is 15.9. The first-order chi connectivity index (χ1) is 6.75. The summed E-state index contributed by atoms with van der Waals surface area (Å²) >= 11 is 1.86. The van der Waals surface area contributed by atoms with Gasteiger partial charge in [0, 0.05) is 4.75 Å². The van der Waals surface area contributed by atoms with Crippen molar-refractivity contribution in [2.24, 2.45) is 0 Å². The van der Waals surface area contributed by atoms with Crippen LogP contribution in [-0.2, 0) is 9.53 Å². The minimum absolute atomic E-state index is 0.195. The van der Waals surface area contributed by atoms with Gasteiger partial charge in [0.15, 0.2) is 0 Å². The molecule has 0 fully saturated rings. The minimum Gasteiger partial charge on any atom is -0.468 e. The van der Waals surface area contributed by atoms with Gasteiger partial charge in [-0.15, -0.1) is 0 Å². The highest BCUT2D eigenvalue weighted by atomic mass is 32.2. The maximum absolute atomic E-state index is 11.5. The summed E-state index contributed by atoms with van der Waals surface area (Å²) in [5.41, 5.74) is -0.562. The van der Waals surface area contributed by atoms with Gasteiger partial charge in [0.2, 0.25) is 0 Å². The summed E-state index contributed by atoms with van der Waals surface area (Å²) in [4.78, 5) is 11.5. The molecule has 15 heavy (non-hydrogen) atoms. The average Bonchev–Trinajstić information content (AvgIpc) is 2.14. The zero-order valence-corrected chi connectivity index (χ0v) is 11.5. The van der Waals surface area contributed by atoms with E-state index in [-0.39, 0.29) is 10.7 Å². The smallest absolute Gasteiger partial charge is 0.325 e. The molecule has 0 aliphatic rings. The summed E-state index contributed by atoms with van der Waals surface area (Å²) in [6.07, 6.45) is 0.776. The number of esters is 1. The summed E-state index contributed by atoms with van der Waals surface area (Å²) in [6, 6.07) is 0. The predicted octanol–water partition coefficient (Wildman–Crippen LogP) is 2.06. The Kier molecular flexibility index (Phi) is 5.67. The number of hydrogen-bond donors (Lipinski definition) is 1. The van der Waals surface area contributed by atoms with E-state index in [1.54, 1.807) is 7.05 Å². The minimum atomic E-state index is -0.562. The molecular formula is C11H23NO2S. The van der Waals surface area contributed by atoms with Gasteiger partial charge in [0.25, 0.3) is 0 Å². The molecule has 0 saturated carbocycles. The van der Waals surface area contributed by atoms with Gasteiger partial charge >= 0.3 is 5.97 Å². The quantitative estimate of drug-likeness (QED) is 0.738. The first-order valence-electron chi connectivity index (χ1n) is 5.16. The maximum atomic E-state index is 11.5. The Hall–Kier alpha value is -0.220. The van der Waals surface area contributed by atoms with Gasteiger partial charge in [0.1, 0.15) is 5.54 Å². The molecule has 0 aliphatic heterocycles. The summed E-state index contributed by atoms with van der Waals surface area (Å²) in [5.74, 6) is 0.746. The molecule has 3 nitrogen and oxygen atoms in total. The molecular weight excluding hydrogens is 210 g/mol. The first-order valence-corrected chi connectivity index (χ1v) is 6.15. The van der Waals surface area contributed by atoms with Crippen LogP contribution in [0.1, 0.15) is 34.1 Å². The van der Waals surface area contributed by atoms with Gasteiger partial charge in [-0.2, -0.15) is 11.8 Å². The number of carbonyl (C=O) groups is 1. The Morgan fingerprint density at radius 2 is 1.87 bits per heavy atom. The molecule has 0 aromatic rings. The number of methoxy groups -OCH3 is 1. The van der Waals surface area contributed by atoms with Crippen molar-refractivity contribution in [3.05, 3.63) is 0 Å². The van der Waals surface area contributed by atoms with Crippen LogP contribution in [-0.4, -0.2) is 36.2 Å². The molecule has 0 aromatic heterocycles. The van der Waals surface area contributed by atoms with Crippen molar-refractivity contribution in [1.29, 1.82) is 0 Å². The lowest BCUT2D eigenvalue weighted by atomic mass is 10.00.